The lowest BCUT2D eigenvalue weighted by Crippen LogP contribution is -2.02. The standard InChI is InChI=1S/C15H14N4O2/c1-10-2-3-11(15-19-18-9-21-15)6-14(10)17-7-12-4-5-13(20)8-16-12/h2-6,8-9,17,20H,7H2,1H3. The number of rotatable bonds is 4. The SMILES string of the molecule is Cc1ccc(-c2nnco2)cc1NCc1ccc(O)cn1. The molecule has 0 aliphatic heterocycles. The average molecular weight is 282 g/mol. The molecule has 0 spiro atoms. The molecule has 0 unspecified atom stereocenters. The van der Waals surface area contributed by atoms with Crippen LogP contribution in [-0.2, 0) is 6.54 Å². The van der Waals surface area contributed by atoms with E-state index in [1.807, 2.05) is 25.1 Å². The fourth-order valence-electron chi connectivity index (χ4n) is 1.95. The largest absolute Gasteiger partial charge is 0.506 e. The second-order valence-electron chi connectivity index (χ2n) is 4.63. The molecule has 0 bridgehead atoms. The molecule has 3 aromatic rings. The summed E-state index contributed by atoms with van der Waals surface area (Å²) in [7, 11) is 0. The number of aromatic hydroxyl groups is 1. The number of anilines is 1. The number of nitrogens with one attached hydrogen (secondary N) is 1. The highest BCUT2D eigenvalue weighted by Gasteiger charge is 2.07. The molecule has 0 saturated heterocycles. The first-order chi connectivity index (χ1) is 10.2. The minimum absolute atomic E-state index is 0.160. The number of aromatic nitrogens is 3. The lowest BCUT2D eigenvalue weighted by molar-refractivity contribution is 0.472. The predicted octanol–water partition coefficient (Wildman–Crippen LogP) is 2.76. The van der Waals surface area contributed by atoms with Crippen LogP contribution in [0.3, 0.4) is 0 Å². The summed E-state index contributed by atoms with van der Waals surface area (Å²) in [5.74, 6) is 0.647. The van der Waals surface area contributed by atoms with Crippen LogP contribution in [-0.4, -0.2) is 20.3 Å². The van der Waals surface area contributed by atoms with Crippen molar-refractivity contribution < 1.29 is 9.52 Å². The lowest BCUT2D eigenvalue weighted by Gasteiger charge is -2.10. The number of hydrogen-bond acceptors (Lipinski definition) is 6. The zero-order chi connectivity index (χ0) is 14.7. The Morgan fingerprint density at radius 2 is 2.14 bits per heavy atom. The molecule has 2 aromatic heterocycles. The van der Waals surface area contributed by atoms with Crippen LogP contribution >= 0.6 is 0 Å². The van der Waals surface area contributed by atoms with Crippen molar-refractivity contribution in [1.82, 2.24) is 15.2 Å². The maximum Gasteiger partial charge on any atom is 0.247 e. The monoisotopic (exact) mass is 282 g/mol. The van der Waals surface area contributed by atoms with E-state index in [1.165, 1.54) is 12.6 Å². The molecule has 2 N–H and O–H groups in total. The highest BCUT2D eigenvalue weighted by atomic mass is 16.4. The molecule has 0 radical (unpaired) electrons. The zero-order valence-corrected chi connectivity index (χ0v) is 11.4. The third-order valence-electron chi connectivity index (χ3n) is 3.11. The quantitative estimate of drug-likeness (QED) is 0.765. The Morgan fingerprint density at radius 1 is 1.24 bits per heavy atom. The van der Waals surface area contributed by atoms with Crippen molar-refractivity contribution >= 4 is 5.69 Å². The van der Waals surface area contributed by atoms with E-state index in [1.54, 1.807) is 12.1 Å². The van der Waals surface area contributed by atoms with E-state index in [4.69, 9.17) is 4.42 Å². The third-order valence-corrected chi connectivity index (χ3v) is 3.11. The van der Waals surface area contributed by atoms with Gasteiger partial charge in [-0.05, 0) is 36.8 Å². The van der Waals surface area contributed by atoms with Crippen molar-refractivity contribution in [2.45, 2.75) is 13.5 Å². The summed E-state index contributed by atoms with van der Waals surface area (Å²) in [5, 5.41) is 20.1. The molecule has 21 heavy (non-hydrogen) atoms. The normalized spacial score (nSPS) is 10.5. The fourth-order valence-corrected chi connectivity index (χ4v) is 1.95. The van der Waals surface area contributed by atoms with Gasteiger partial charge in [0.25, 0.3) is 0 Å². The van der Waals surface area contributed by atoms with Crippen molar-refractivity contribution in [3.63, 3.8) is 0 Å². The van der Waals surface area contributed by atoms with Gasteiger partial charge in [-0.2, -0.15) is 0 Å². The Kier molecular flexibility index (Phi) is 3.51. The summed E-state index contributed by atoms with van der Waals surface area (Å²) in [5.41, 5.74) is 3.78. The first-order valence-corrected chi connectivity index (χ1v) is 6.47. The number of nitrogens with zero attached hydrogens (tertiary/aromatic N) is 3. The second-order valence-corrected chi connectivity index (χ2v) is 4.63. The smallest absolute Gasteiger partial charge is 0.247 e. The van der Waals surface area contributed by atoms with Gasteiger partial charge in [0.05, 0.1) is 18.4 Å². The molecule has 6 nitrogen and oxygen atoms in total. The van der Waals surface area contributed by atoms with E-state index in [0.717, 1.165) is 22.5 Å². The van der Waals surface area contributed by atoms with Crippen molar-refractivity contribution in [1.29, 1.82) is 0 Å². The van der Waals surface area contributed by atoms with Crippen LogP contribution < -0.4 is 5.32 Å². The van der Waals surface area contributed by atoms with Gasteiger partial charge >= 0.3 is 0 Å². The highest BCUT2D eigenvalue weighted by molar-refractivity contribution is 5.64. The first-order valence-electron chi connectivity index (χ1n) is 6.47. The Labute approximate surface area is 121 Å². The lowest BCUT2D eigenvalue weighted by atomic mass is 10.1. The van der Waals surface area contributed by atoms with Gasteiger partial charge in [-0.25, -0.2) is 0 Å². The summed E-state index contributed by atoms with van der Waals surface area (Å²) in [6, 6.07) is 9.29. The Bertz CT molecular complexity index is 724. The number of hydrogen-bond donors (Lipinski definition) is 2. The van der Waals surface area contributed by atoms with Gasteiger partial charge in [-0.15, -0.1) is 10.2 Å². The number of aryl methyl sites for hydroxylation is 1. The molecule has 0 aliphatic rings. The van der Waals surface area contributed by atoms with Gasteiger partial charge in [0.2, 0.25) is 12.3 Å². The predicted molar refractivity (Wildman–Crippen MR) is 77.7 cm³/mol. The molecular weight excluding hydrogens is 268 g/mol. The zero-order valence-electron chi connectivity index (χ0n) is 11.4. The summed E-state index contributed by atoms with van der Waals surface area (Å²) >= 11 is 0. The molecule has 2 heterocycles. The van der Waals surface area contributed by atoms with Gasteiger partial charge in [0.15, 0.2) is 0 Å². The van der Waals surface area contributed by atoms with Crippen LogP contribution in [0.2, 0.25) is 0 Å². The van der Waals surface area contributed by atoms with Gasteiger partial charge in [-0.3, -0.25) is 4.98 Å². The molecular formula is C15H14N4O2. The topological polar surface area (TPSA) is 84.1 Å². The maximum atomic E-state index is 9.22. The number of pyridine rings is 1. The molecule has 0 fully saturated rings. The van der Waals surface area contributed by atoms with Crippen molar-refractivity contribution in [2.24, 2.45) is 0 Å². The van der Waals surface area contributed by atoms with Crippen molar-refractivity contribution in [3.8, 4) is 17.2 Å². The first kappa shape index (κ1) is 13.1. The molecule has 6 heteroatoms. The molecule has 3 rings (SSSR count). The summed E-state index contributed by atoms with van der Waals surface area (Å²) in [6.07, 6.45) is 2.74. The van der Waals surface area contributed by atoms with Gasteiger partial charge < -0.3 is 14.8 Å². The van der Waals surface area contributed by atoms with E-state index < -0.39 is 0 Å². The van der Waals surface area contributed by atoms with E-state index in [-0.39, 0.29) is 5.75 Å². The molecule has 1 aromatic carbocycles. The Balaban J connectivity index is 1.78. The van der Waals surface area contributed by atoms with Crippen LogP contribution in [0.25, 0.3) is 11.5 Å². The van der Waals surface area contributed by atoms with Crippen LogP contribution in [0.4, 0.5) is 5.69 Å². The third kappa shape index (κ3) is 3.00. The van der Waals surface area contributed by atoms with Crippen molar-refractivity contribution in [2.75, 3.05) is 5.32 Å². The minimum atomic E-state index is 0.160. The van der Waals surface area contributed by atoms with Crippen molar-refractivity contribution in [3.05, 3.63) is 54.2 Å². The van der Waals surface area contributed by atoms with Gasteiger partial charge in [0.1, 0.15) is 5.75 Å². The summed E-state index contributed by atoms with van der Waals surface area (Å²) in [4.78, 5) is 4.14. The molecule has 0 aliphatic carbocycles. The molecule has 0 atom stereocenters. The second kappa shape index (κ2) is 5.62. The van der Waals surface area contributed by atoms with E-state index in [0.29, 0.717) is 12.4 Å². The Hall–Kier alpha value is -2.89. The summed E-state index contributed by atoms with van der Waals surface area (Å²) < 4.78 is 5.20. The fraction of sp³-hybridized carbons (Fsp3) is 0.133. The highest BCUT2D eigenvalue weighted by Crippen LogP contribution is 2.24. The minimum Gasteiger partial charge on any atom is -0.506 e. The van der Waals surface area contributed by atoms with E-state index in [9.17, 15) is 5.11 Å². The van der Waals surface area contributed by atoms with Gasteiger partial charge in [0, 0.05) is 11.3 Å². The van der Waals surface area contributed by atoms with Gasteiger partial charge in [-0.1, -0.05) is 6.07 Å². The van der Waals surface area contributed by atoms with E-state index in [2.05, 4.69) is 20.5 Å². The van der Waals surface area contributed by atoms with E-state index >= 15 is 0 Å². The average Bonchev–Trinajstić information content (AvgIpc) is 3.02. The number of benzene rings is 1. The maximum absolute atomic E-state index is 9.22. The summed E-state index contributed by atoms with van der Waals surface area (Å²) in [6.45, 7) is 2.58. The van der Waals surface area contributed by atoms with Crippen LogP contribution in [0.15, 0.2) is 47.3 Å². The Morgan fingerprint density at radius 3 is 2.86 bits per heavy atom. The molecule has 0 amide bonds. The van der Waals surface area contributed by atoms with Crippen LogP contribution in [0.1, 0.15) is 11.3 Å². The molecule has 106 valence electrons. The molecule has 0 saturated carbocycles. The van der Waals surface area contributed by atoms with Crippen LogP contribution in [0.5, 0.6) is 5.75 Å². The van der Waals surface area contributed by atoms with Crippen LogP contribution in [0, 0.1) is 6.92 Å².